The molecule has 0 unspecified atom stereocenters. The van der Waals surface area contributed by atoms with Crippen molar-refractivity contribution in [3.8, 4) is 11.1 Å². The van der Waals surface area contributed by atoms with Crippen molar-refractivity contribution in [3.63, 3.8) is 0 Å². The van der Waals surface area contributed by atoms with Crippen LogP contribution in [-0.2, 0) is 11.0 Å². The number of aromatic amines is 1. The first-order chi connectivity index (χ1) is 18.5. The molecule has 206 valence electrons. The number of carbonyl (C=O) groups is 2. The van der Waals surface area contributed by atoms with Gasteiger partial charge in [0.2, 0.25) is 0 Å². The zero-order valence-corrected chi connectivity index (χ0v) is 22.6. The highest BCUT2D eigenvalue weighted by molar-refractivity contribution is 6.36. The average Bonchev–Trinajstić information content (AvgIpc) is 3.37. The van der Waals surface area contributed by atoms with Gasteiger partial charge in [0.15, 0.2) is 0 Å². The van der Waals surface area contributed by atoms with E-state index >= 15 is 0 Å². The number of amides is 2. The molecule has 0 atom stereocenters. The van der Waals surface area contributed by atoms with Crippen molar-refractivity contribution in [3.05, 3.63) is 76.1 Å². The molecule has 39 heavy (non-hydrogen) atoms. The van der Waals surface area contributed by atoms with Gasteiger partial charge in [-0.25, -0.2) is 0 Å². The number of hydrogen-bond acceptors (Lipinski definition) is 3. The number of hydrogen-bond donors (Lipinski definition) is 3. The van der Waals surface area contributed by atoms with E-state index in [-0.39, 0.29) is 11.8 Å². The van der Waals surface area contributed by atoms with Crippen molar-refractivity contribution < 1.29 is 22.8 Å². The Morgan fingerprint density at radius 2 is 1.79 bits per heavy atom. The molecule has 0 saturated heterocycles. The maximum absolute atomic E-state index is 13.4. The van der Waals surface area contributed by atoms with Crippen LogP contribution in [0.2, 0.25) is 0 Å². The minimum atomic E-state index is -4.48. The van der Waals surface area contributed by atoms with E-state index in [0.29, 0.717) is 57.0 Å². The summed E-state index contributed by atoms with van der Waals surface area (Å²) in [5.41, 5.74) is 3.95. The van der Waals surface area contributed by atoms with Gasteiger partial charge in [0.25, 0.3) is 11.8 Å². The molecule has 1 aromatic heterocycles. The van der Waals surface area contributed by atoms with Gasteiger partial charge in [-0.05, 0) is 80.9 Å². The van der Waals surface area contributed by atoms with Crippen molar-refractivity contribution >= 4 is 29.2 Å². The second-order valence-electron chi connectivity index (χ2n) is 9.62. The molecule has 3 aromatic rings. The fraction of sp³-hybridized carbons (Fsp3) is 0.333. The zero-order chi connectivity index (χ0) is 28.3. The molecule has 0 fully saturated rings. The highest BCUT2D eigenvalue weighted by Gasteiger charge is 2.32. The largest absolute Gasteiger partial charge is 0.416 e. The molecule has 2 amide bonds. The number of carbonyl (C=O) groups excluding carboxylic acids is 2. The maximum Gasteiger partial charge on any atom is 0.416 e. The van der Waals surface area contributed by atoms with E-state index in [1.54, 1.807) is 37.3 Å². The number of rotatable bonds is 9. The number of fused-ring (bicyclic) bond motifs is 1. The first-order valence-corrected chi connectivity index (χ1v) is 13.1. The molecule has 0 spiro atoms. The predicted molar refractivity (Wildman–Crippen MR) is 148 cm³/mol. The van der Waals surface area contributed by atoms with Crippen LogP contribution in [0.4, 0.5) is 18.9 Å². The molecule has 1 aliphatic rings. The summed E-state index contributed by atoms with van der Waals surface area (Å²) in [5, 5.41) is 5.80. The number of aryl methyl sites for hydroxylation is 1. The third-order valence-corrected chi connectivity index (χ3v) is 7.15. The molecule has 2 aromatic carbocycles. The van der Waals surface area contributed by atoms with Crippen LogP contribution >= 0.6 is 0 Å². The number of alkyl halides is 3. The molecule has 0 aliphatic carbocycles. The summed E-state index contributed by atoms with van der Waals surface area (Å²) in [6.45, 7) is 11.2. The lowest BCUT2D eigenvalue weighted by molar-refractivity contribution is -0.137. The van der Waals surface area contributed by atoms with Gasteiger partial charge < -0.3 is 20.5 Å². The van der Waals surface area contributed by atoms with Gasteiger partial charge in [0.05, 0.1) is 16.7 Å². The van der Waals surface area contributed by atoms with Gasteiger partial charge in [0, 0.05) is 29.2 Å². The number of nitrogens with one attached hydrogen (secondary N) is 3. The molecule has 0 bridgehead atoms. The number of halogens is 3. The Balaban J connectivity index is 1.65. The van der Waals surface area contributed by atoms with Crippen LogP contribution in [0.15, 0.2) is 42.5 Å². The fourth-order valence-corrected chi connectivity index (χ4v) is 5.03. The Kier molecular flexibility index (Phi) is 8.30. The van der Waals surface area contributed by atoms with Gasteiger partial charge in [-0.2, -0.15) is 13.2 Å². The molecule has 9 heteroatoms. The van der Waals surface area contributed by atoms with Crippen molar-refractivity contribution in [2.24, 2.45) is 0 Å². The lowest BCUT2D eigenvalue weighted by Crippen LogP contribution is -2.30. The normalized spacial score (nSPS) is 14.2. The summed E-state index contributed by atoms with van der Waals surface area (Å²) >= 11 is 0. The fourth-order valence-electron chi connectivity index (χ4n) is 5.03. The number of H-pyrrole nitrogens is 1. The van der Waals surface area contributed by atoms with E-state index in [2.05, 4.69) is 34.4 Å². The number of anilines is 1. The molecular formula is C30H33F3N4O2. The summed E-state index contributed by atoms with van der Waals surface area (Å²) in [4.78, 5) is 31.5. The molecule has 4 rings (SSSR count). The minimum Gasteiger partial charge on any atom is -0.358 e. The molecule has 0 radical (unpaired) electrons. The first kappa shape index (κ1) is 28.2. The highest BCUT2D eigenvalue weighted by Crippen LogP contribution is 2.42. The lowest BCUT2D eigenvalue weighted by atomic mass is 9.93. The van der Waals surface area contributed by atoms with E-state index in [4.69, 9.17) is 0 Å². The van der Waals surface area contributed by atoms with Gasteiger partial charge in [-0.1, -0.05) is 38.1 Å². The Morgan fingerprint density at radius 3 is 2.49 bits per heavy atom. The minimum absolute atomic E-state index is 0.189. The van der Waals surface area contributed by atoms with E-state index < -0.39 is 11.7 Å². The monoisotopic (exact) mass is 538 g/mol. The van der Waals surface area contributed by atoms with Gasteiger partial charge in [-0.15, -0.1) is 0 Å². The third kappa shape index (κ3) is 5.93. The van der Waals surface area contributed by atoms with Crippen LogP contribution in [0.3, 0.4) is 0 Å². The second-order valence-corrected chi connectivity index (χ2v) is 9.62. The number of benzene rings is 2. The SMILES string of the molecule is CCN(CC)CCCNC(=O)c1c(C)[nH]c(/C=C2\C(=O)Nc3cccc(-c4cccc(C(F)(F)F)c4)c32)c1C. The topological polar surface area (TPSA) is 77.2 Å². The van der Waals surface area contributed by atoms with Gasteiger partial charge in [-0.3, -0.25) is 9.59 Å². The number of nitrogens with zero attached hydrogens (tertiary/aromatic N) is 1. The highest BCUT2D eigenvalue weighted by atomic mass is 19.4. The molecule has 0 saturated carbocycles. The van der Waals surface area contributed by atoms with E-state index in [1.807, 2.05) is 6.92 Å². The lowest BCUT2D eigenvalue weighted by Gasteiger charge is -2.17. The summed E-state index contributed by atoms with van der Waals surface area (Å²) in [6.07, 6.45) is -1.98. The molecule has 1 aliphatic heterocycles. The van der Waals surface area contributed by atoms with Crippen LogP contribution in [0, 0.1) is 13.8 Å². The Morgan fingerprint density at radius 1 is 1.08 bits per heavy atom. The quantitative estimate of drug-likeness (QED) is 0.222. The number of aromatic nitrogens is 1. The maximum atomic E-state index is 13.4. The standard InChI is InChI=1S/C30H33F3N4O2/c1-5-37(6-2)15-9-14-34-29(39)26-18(3)25(35-19(26)4)17-23-27-22(12-8-13-24(27)36-28(23)38)20-10-7-11-21(16-20)30(31,32)33/h7-8,10-13,16-17,35H,5-6,9,14-15H2,1-4H3,(H,34,39)(H,36,38)/b23-17-. The zero-order valence-electron chi connectivity index (χ0n) is 22.6. The summed E-state index contributed by atoms with van der Waals surface area (Å²) in [7, 11) is 0. The van der Waals surface area contributed by atoms with Crippen molar-refractivity contribution in [1.82, 2.24) is 15.2 Å². The van der Waals surface area contributed by atoms with Crippen LogP contribution < -0.4 is 10.6 Å². The van der Waals surface area contributed by atoms with Gasteiger partial charge >= 0.3 is 6.18 Å². The Labute approximate surface area is 226 Å². The summed E-state index contributed by atoms with van der Waals surface area (Å²) in [5.74, 6) is -0.551. The Hall–Kier alpha value is -3.85. The first-order valence-electron chi connectivity index (χ1n) is 13.1. The Bertz CT molecular complexity index is 1420. The second kappa shape index (κ2) is 11.5. The van der Waals surface area contributed by atoms with Crippen LogP contribution in [0.5, 0.6) is 0 Å². The molecule has 6 nitrogen and oxygen atoms in total. The predicted octanol–water partition coefficient (Wildman–Crippen LogP) is 6.27. The van der Waals surface area contributed by atoms with Crippen molar-refractivity contribution in [2.75, 3.05) is 31.5 Å². The van der Waals surface area contributed by atoms with Crippen LogP contribution in [0.1, 0.15) is 58.7 Å². The van der Waals surface area contributed by atoms with Crippen molar-refractivity contribution in [1.29, 1.82) is 0 Å². The molecular weight excluding hydrogens is 505 g/mol. The van der Waals surface area contributed by atoms with Crippen LogP contribution in [0.25, 0.3) is 22.8 Å². The van der Waals surface area contributed by atoms with E-state index in [1.165, 1.54) is 6.07 Å². The van der Waals surface area contributed by atoms with E-state index in [9.17, 15) is 22.8 Å². The van der Waals surface area contributed by atoms with Crippen LogP contribution in [-0.4, -0.2) is 47.9 Å². The van der Waals surface area contributed by atoms with Gasteiger partial charge in [0.1, 0.15) is 0 Å². The smallest absolute Gasteiger partial charge is 0.358 e. The van der Waals surface area contributed by atoms with Crippen molar-refractivity contribution in [2.45, 2.75) is 40.3 Å². The average molecular weight is 539 g/mol. The molecule has 3 N–H and O–H groups in total. The summed E-state index contributed by atoms with van der Waals surface area (Å²) in [6, 6.07) is 10.2. The van der Waals surface area contributed by atoms with E-state index in [0.717, 1.165) is 38.2 Å². The summed E-state index contributed by atoms with van der Waals surface area (Å²) < 4.78 is 40.1. The third-order valence-electron chi connectivity index (χ3n) is 7.15. The molecule has 2 heterocycles.